The zero-order chi connectivity index (χ0) is 13.4. The molecule has 0 aliphatic carbocycles. The number of piperidine rings is 1. The third kappa shape index (κ3) is 2.30. The molecule has 2 saturated heterocycles. The number of fused-ring (bicyclic) bond motifs is 1. The second-order valence-electron chi connectivity index (χ2n) is 5.40. The van der Waals surface area contributed by atoms with Crippen LogP contribution in [0.15, 0.2) is 18.2 Å². The van der Waals surface area contributed by atoms with Gasteiger partial charge in [-0.3, -0.25) is 4.79 Å². The Bertz CT molecular complexity index is 491. The Morgan fingerprint density at radius 2 is 2.26 bits per heavy atom. The van der Waals surface area contributed by atoms with E-state index >= 15 is 0 Å². The fourth-order valence-electron chi connectivity index (χ4n) is 3.16. The molecule has 1 amide bonds. The molecule has 1 aromatic rings. The summed E-state index contributed by atoms with van der Waals surface area (Å²) in [6.07, 6.45) is 2.40. The molecule has 4 nitrogen and oxygen atoms in total. The zero-order valence-electron chi connectivity index (χ0n) is 10.7. The number of carbonyl (C=O) groups is 1. The average Bonchev–Trinajstić information content (AvgIpc) is 2.81. The standard InChI is InChI=1S/C14H18FN3O/c15-11-6-9(14(16)19)3-4-13(11)18-7-10-2-1-5-17-12(10)8-18/h3-4,6,10,12,17H,1-2,5,7-8H2,(H2,16,19)/t10-,12+/m0/s1. The van der Waals surface area contributed by atoms with E-state index in [0.29, 0.717) is 17.6 Å². The van der Waals surface area contributed by atoms with Gasteiger partial charge in [-0.05, 0) is 43.5 Å². The Morgan fingerprint density at radius 3 is 2.95 bits per heavy atom. The highest BCUT2D eigenvalue weighted by Gasteiger charge is 2.35. The molecule has 19 heavy (non-hydrogen) atoms. The SMILES string of the molecule is NC(=O)c1ccc(N2C[C@@H]3CCCN[C@@H]3C2)c(F)c1. The highest BCUT2D eigenvalue weighted by molar-refractivity contribution is 5.93. The van der Waals surface area contributed by atoms with Crippen molar-refractivity contribution < 1.29 is 9.18 Å². The third-order valence-electron chi connectivity index (χ3n) is 4.17. The monoisotopic (exact) mass is 263 g/mol. The lowest BCUT2D eigenvalue weighted by atomic mass is 9.94. The summed E-state index contributed by atoms with van der Waals surface area (Å²) in [4.78, 5) is 13.1. The average molecular weight is 263 g/mol. The largest absolute Gasteiger partial charge is 0.367 e. The van der Waals surface area contributed by atoms with Crippen LogP contribution in [0.25, 0.3) is 0 Å². The first-order valence-electron chi connectivity index (χ1n) is 6.73. The highest BCUT2D eigenvalue weighted by Crippen LogP contribution is 2.30. The third-order valence-corrected chi connectivity index (χ3v) is 4.17. The van der Waals surface area contributed by atoms with Crippen molar-refractivity contribution in [2.45, 2.75) is 18.9 Å². The van der Waals surface area contributed by atoms with Gasteiger partial charge in [0.2, 0.25) is 5.91 Å². The predicted molar refractivity (Wildman–Crippen MR) is 71.6 cm³/mol. The minimum atomic E-state index is -0.595. The summed E-state index contributed by atoms with van der Waals surface area (Å²) in [6.45, 7) is 2.76. The second kappa shape index (κ2) is 4.81. The van der Waals surface area contributed by atoms with Crippen molar-refractivity contribution in [2.75, 3.05) is 24.5 Å². The molecular formula is C14H18FN3O. The van der Waals surface area contributed by atoms with Crippen LogP contribution in [-0.4, -0.2) is 31.6 Å². The van der Waals surface area contributed by atoms with E-state index in [4.69, 9.17) is 5.73 Å². The van der Waals surface area contributed by atoms with Gasteiger partial charge in [0.05, 0.1) is 5.69 Å². The zero-order valence-corrected chi connectivity index (χ0v) is 10.7. The van der Waals surface area contributed by atoms with Gasteiger partial charge < -0.3 is 16.0 Å². The Balaban J connectivity index is 1.81. The number of carbonyl (C=O) groups excluding carboxylic acids is 1. The Morgan fingerprint density at radius 1 is 1.42 bits per heavy atom. The van der Waals surface area contributed by atoms with Crippen LogP contribution in [0, 0.1) is 11.7 Å². The van der Waals surface area contributed by atoms with Gasteiger partial charge in [-0.15, -0.1) is 0 Å². The molecule has 3 rings (SSSR count). The fourth-order valence-corrected chi connectivity index (χ4v) is 3.16. The summed E-state index contributed by atoms with van der Waals surface area (Å²) in [5, 5.41) is 3.49. The van der Waals surface area contributed by atoms with Gasteiger partial charge in [-0.1, -0.05) is 0 Å². The number of benzene rings is 1. The molecule has 3 N–H and O–H groups in total. The Labute approximate surface area is 111 Å². The molecule has 0 saturated carbocycles. The van der Waals surface area contributed by atoms with Crippen molar-refractivity contribution in [3.8, 4) is 0 Å². The van der Waals surface area contributed by atoms with Crippen LogP contribution in [0.2, 0.25) is 0 Å². The Hall–Kier alpha value is -1.62. The number of nitrogens with one attached hydrogen (secondary N) is 1. The van der Waals surface area contributed by atoms with Crippen molar-refractivity contribution in [1.29, 1.82) is 0 Å². The molecule has 0 unspecified atom stereocenters. The number of hydrogen-bond donors (Lipinski definition) is 2. The number of primary amides is 1. The van der Waals surface area contributed by atoms with Crippen LogP contribution < -0.4 is 16.0 Å². The molecule has 0 radical (unpaired) electrons. The molecule has 0 aromatic heterocycles. The van der Waals surface area contributed by atoms with Crippen LogP contribution in [0.3, 0.4) is 0 Å². The number of halogens is 1. The molecule has 2 aliphatic rings. The number of hydrogen-bond acceptors (Lipinski definition) is 3. The molecule has 0 spiro atoms. The highest BCUT2D eigenvalue weighted by atomic mass is 19.1. The summed E-state index contributed by atoms with van der Waals surface area (Å²) in [5.41, 5.74) is 5.94. The first-order valence-corrected chi connectivity index (χ1v) is 6.73. The van der Waals surface area contributed by atoms with Crippen molar-refractivity contribution in [3.63, 3.8) is 0 Å². The normalized spacial score (nSPS) is 26.3. The molecule has 2 atom stereocenters. The van der Waals surface area contributed by atoms with E-state index in [1.54, 1.807) is 12.1 Å². The molecular weight excluding hydrogens is 245 g/mol. The van der Waals surface area contributed by atoms with Crippen molar-refractivity contribution in [2.24, 2.45) is 11.7 Å². The van der Waals surface area contributed by atoms with Gasteiger partial charge in [0, 0.05) is 24.7 Å². The maximum atomic E-state index is 14.1. The van der Waals surface area contributed by atoms with E-state index < -0.39 is 5.91 Å². The molecule has 102 valence electrons. The quantitative estimate of drug-likeness (QED) is 0.840. The van der Waals surface area contributed by atoms with Crippen molar-refractivity contribution in [1.82, 2.24) is 5.32 Å². The van der Waals surface area contributed by atoms with Crippen LogP contribution in [-0.2, 0) is 0 Å². The first kappa shape index (κ1) is 12.4. The van der Waals surface area contributed by atoms with Gasteiger partial charge in [0.15, 0.2) is 0 Å². The number of amides is 1. The Kier molecular flexibility index (Phi) is 3.14. The number of rotatable bonds is 2. The second-order valence-corrected chi connectivity index (χ2v) is 5.40. The van der Waals surface area contributed by atoms with Crippen LogP contribution in [0.4, 0.5) is 10.1 Å². The lowest BCUT2D eigenvalue weighted by molar-refractivity contribution is 0.1000. The van der Waals surface area contributed by atoms with Crippen molar-refractivity contribution in [3.05, 3.63) is 29.6 Å². The van der Waals surface area contributed by atoms with Gasteiger partial charge in [-0.2, -0.15) is 0 Å². The van der Waals surface area contributed by atoms with E-state index in [0.717, 1.165) is 19.6 Å². The molecule has 2 heterocycles. The van der Waals surface area contributed by atoms with Crippen LogP contribution in [0.5, 0.6) is 0 Å². The smallest absolute Gasteiger partial charge is 0.248 e. The van der Waals surface area contributed by atoms with Crippen LogP contribution in [0.1, 0.15) is 23.2 Å². The molecule has 5 heteroatoms. The van der Waals surface area contributed by atoms with E-state index in [2.05, 4.69) is 10.2 Å². The fraction of sp³-hybridized carbons (Fsp3) is 0.500. The number of anilines is 1. The first-order chi connectivity index (χ1) is 9.15. The summed E-state index contributed by atoms with van der Waals surface area (Å²) in [5.74, 6) is -0.360. The number of nitrogens with two attached hydrogens (primary N) is 1. The molecule has 0 bridgehead atoms. The van der Waals surface area contributed by atoms with Gasteiger partial charge >= 0.3 is 0 Å². The summed E-state index contributed by atoms with van der Waals surface area (Å²) < 4.78 is 14.1. The minimum absolute atomic E-state index is 0.219. The maximum Gasteiger partial charge on any atom is 0.248 e. The molecule has 1 aromatic carbocycles. The summed E-state index contributed by atoms with van der Waals surface area (Å²) >= 11 is 0. The summed E-state index contributed by atoms with van der Waals surface area (Å²) in [6, 6.07) is 4.94. The number of nitrogens with zero attached hydrogens (tertiary/aromatic N) is 1. The minimum Gasteiger partial charge on any atom is -0.367 e. The van der Waals surface area contributed by atoms with Gasteiger partial charge in [0.25, 0.3) is 0 Å². The van der Waals surface area contributed by atoms with Crippen molar-refractivity contribution >= 4 is 11.6 Å². The lowest BCUT2D eigenvalue weighted by Crippen LogP contribution is -2.40. The topological polar surface area (TPSA) is 58.4 Å². The summed E-state index contributed by atoms with van der Waals surface area (Å²) in [7, 11) is 0. The maximum absolute atomic E-state index is 14.1. The predicted octanol–water partition coefficient (Wildman–Crippen LogP) is 1.11. The van der Waals surface area contributed by atoms with E-state index in [1.807, 2.05) is 0 Å². The van der Waals surface area contributed by atoms with Gasteiger partial charge in [0.1, 0.15) is 5.82 Å². The van der Waals surface area contributed by atoms with E-state index in [-0.39, 0.29) is 11.4 Å². The molecule has 2 aliphatic heterocycles. The van der Waals surface area contributed by atoms with E-state index in [1.165, 1.54) is 18.9 Å². The lowest BCUT2D eigenvalue weighted by Gasteiger charge is -2.24. The van der Waals surface area contributed by atoms with Crippen LogP contribution >= 0.6 is 0 Å². The van der Waals surface area contributed by atoms with Gasteiger partial charge in [-0.25, -0.2) is 4.39 Å². The molecule has 2 fully saturated rings. The van der Waals surface area contributed by atoms with E-state index in [9.17, 15) is 9.18 Å².